The van der Waals surface area contributed by atoms with E-state index in [9.17, 15) is 8.42 Å². The molecule has 0 aromatic carbocycles. The molecule has 1 saturated carbocycles. The van der Waals surface area contributed by atoms with Crippen molar-refractivity contribution in [1.82, 2.24) is 0 Å². The molecule has 0 unspecified atom stereocenters. The number of nitrogens with two attached hydrogens (primary N) is 1. The Morgan fingerprint density at radius 3 is 2.17 bits per heavy atom. The van der Waals surface area contributed by atoms with Gasteiger partial charge in [-0.2, -0.15) is 0 Å². The van der Waals surface area contributed by atoms with Crippen molar-refractivity contribution in [2.45, 2.75) is 36.7 Å². The first-order valence-electron chi connectivity index (χ1n) is 4.02. The lowest BCUT2D eigenvalue weighted by Gasteiger charge is -2.33. The van der Waals surface area contributed by atoms with Crippen LogP contribution in [-0.4, -0.2) is 30.8 Å². The molecule has 0 bridgehead atoms. The molecule has 0 saturated heterocycles. The topological polar surface area (TPSA) is 80.4 Å². The number of aliphatic hydroxyl groups is 1. The minimum absolute atomic E-state index is 0.368. The van der Waals surface area contributed by atoms with Gasteiger partial charge >= 0.3 is 0 Å². The molecule has 0 spiro atoms. The number of rotatable bonds is 1. The molecule has 0 aromatic heterocycles. The van der Waals surface area contributed by atoms with E-state index in [1.54, 1.807) is 0 Å². The standard InChI is InChI=1S/C7H15NO3S/c1-12(10,11)7(8)4-2-6(9)3-5-7/h6,9H,2-5,8H2,1H3. The fraction of sp³-hybridized carbons (Fsp3) is 1.00. The third-order valence-electron chi connectivity index (χ3n) is 2.54. The largest absolute Gasteiger partial charge is 0.393 e. The van der Waals surface area contributed by atoms with Gasteiger partial charge in [0.15, 0.2) is 9.84 Å². The number of sulfone groups is 1. The highest BCUT2D eigenvalue weighted by atomic mass is 32.2. The van der Waals surface area contributed by atoms with Crippen LogP contribution in [0.25, 0.3) is 0 Å². The van der Waals surface area contributed by atoms with Gasteiger partial charge in [-0.15, -0.1) is 0 Å². The first kappa shape index (κ1) is 9.95. The van der Waals surface area contributed by atoms with E-state index in [0.717, 1.165) is 6.26 Å². The van der Waals surface area contributed by atoms with Crippen LogP contribution in [0, 0.1) is 0 Å². The Labute approximate surface area is 72.7 Å². The van der Waals surface area contributed by atoms with Crippen LogP contribution in [0.1, 0.15) is 25.7 Å². The van der Waals surface area contributed by atoms with Crippen molar-refractivity contribution in [1.29, 1.82) is 0 Å². The van der Waals surface area contributed by atoms with Crippen molar-refractivity contribution >= 4 is 9.84 Å². The zero-order valence-electron chi connectivity index (χ0n) is 7.16. The minimum atomic E-state index is -3.18. The highest BCUT2D eigenvalue weighted by Crippen LogP contribution is 2.30. The van der Waals surface area contributed by atoms with Crippen molar-refractivity contribution in [3.63, 3.8) is 0 Å². The quantitative estimate of drug-likeness (QED) is 0.595. The Bertz CT molecular complexity index is 252. The van der Waals surface area contributed by atoms with Gasteiger partial charge in [0, 0.05) is 6.26 Å². The van der Waals surface area contributed by atoms with Crippen molar-refractivity contribution < 1.29 is 13.5 Å². The van der Waals surface area contributed by atoms with Gasteiger partial charge in [-0.25, -0.2) is 8.42 Å². The average molecular weight is 193 g/mol. The molecule has 12 heavy (non-hydrogen) atoms. The molecular formula is C7H15NO3S. The van der Waals surface area contributed by atoms with Crippen molar-refractivity contribution in [2.24, 2.45) is 5.73 Å². The van der Waals surface area contributed by atoms with Crippen molar-refractivity contribution in [3.8, 4) is 0 Å². The molecule has 1 aliphatic carbocycles. The Morgan fingerprint density at radius 1 is 1.42 bits per heavy atom. The van der Waals surface area contributed by atoms with Crippen molar-refractivity contribution in [2.75, 3.05) is 6.26 Å². The zero-order valence-corrected chi connectivity index (χ0v) is 7.97. The van der Waals surface area contributed by atoms with Crippen LogP contribution >= 0.6 is 0 Å². The third kappa shape index (κ3) is 1.78. The molecule has 1 aliphatic rings. The molecule has 1 rings (SSSR count). The summed E-state index contributed by atoms with van der Waals surface area (Å²) < 4.78 is 22.4. The van der Waals surface area contributed by atoms with E-state index in [1.165, 1.54) is 0 Å². The summed E-state index contributed by atoms with van der Waals surface area (Å²) >= 11 is 0. The molecule has 5 heteroatoms. The fourth-order valence-corrected chi connectivity index (χ4v) is 2.44. The Kier molecular flexibility index (Phi) is 2.47. The molecule has 72 valence electrons. The summed E-state index contributed by atoms with van der Waals surface area (Å²) in [5.41, 5.74) is 5.70. The molecule has 0 heterocycles. The van der Waals surface area contributed by atoms with E-state index in [1.807, 2.05) is 0 Å². The van der Waals surface area contributed by atoms with E-state index in [0.29, 0.717) is 25.7 Å². The summed E-state index contributed by atoms with van der Waals surface area (Å²) in [5.74, 6) is 0. The molecule has 0 aromatic rings. The normalized spacial score (nSPS) is 38.1. The highest BCUT2D eigenvalue weighted by Gasteiger charge is 2.39. The van der Waals surface area contributed by atoms with Crippen LogP contribution in [0.15, 0.2) is 0 Å². The summed E-state index contributed by atoms with van der Waals surface area (Å²) in [6.07, 6.45) is 2.50. The zero-order chi connectivity index (χ0) is 9.41. The molecule has 0 aliphatic heterocycles. The van der Waals surface area contributed by atoms with E-state index in [4.69, 9.17) is 10.8 Å². The van der Waals surface area contributed by atoms with Crippen LogP contribution in [0.2, 0.25) is 0 Å². The van der Waals surface area contributed by atoms with Crippen LogP contribution in [0.4, 0.5) is 0 Å². The highest BCUT2D eigenvalue weighted by molar-refractivity contribution is 7.92. The van der Waals surface area contributed by atoms with Gasteiger partial charge in [0.2, 0.25) is 0 Å². The predicted molar refractivity (Wildman–Crippen MR) is 46.2 cm³/mol. The lowest BCUT2D eigenvalue weighted by atomic mass is 9.93. The minimum Gasteiger partial charge on any atom is -0.393 e. The van der Waals surface area contributed by atoms with E-state index in [2.05, 4.69) is 0 Å². The SMILES string of the molecule is CS(=O)(=O)C1(N)CCC(O)CC1. The number of hydrogen-bond acceptors (Lipinski definition) is 4. The molecular weight excluding hydrogens is 178 g/mol. The van der Waals surface area contributed by atoms with E-state index < -0.39 is 14.7 Å². The molecule has 0 amide bonds. The second-order valence-corrected chi connectivity index (χ2v) is 5.93. The Hall–Kier alpha value is -0.130. The fourth-order valence-electron chi connectivity index (χ4n) is 1.46. The van der Waals surface area contributed by atoms with Gasteiger partial charge in [-0.3, -0.25) is 0 Å². The predicted octanol–water partition coefficient (Wildman–Crippen LogP) is -0.379. The Balaban J connectivity index is 2.76. The van der Waals surface area contributed by atoms with Gasteiger partial charge in [-0.1, -0.05) is 0 Å². The summed E-state index contributed by atoms with van der Waals surface area (Å²) in [5, 5.41) is 9.16. The lowest BCUT2D eigenvalue weighted by molar-refractivity contribution is 0.116. The molecule has 4 nitrogen and oxygen atoms in total. The van der Waals surface area contributed by atoms with Gasteiger partial charge in [0.1, 0.15) is 4.87 Å². The second-order valence-electron chi connectivity index (χ2n) is 3.57. The summed E-state index contributed by atoms with van der Waals surface area (Å²) in [4.78, 5) is -1.09. The average Bonchev–Trinajstić information content (AvgIpc) is 1.93. The first-order chi connectivity index (χ1) is 5.35. The van der Waals surface area contributed by atoms with Gasteiger partial charge < -0.3 is 10.8 Å². The number of aliphatic hydroxyl groups excluding tert-OH is 1. The molecule has 1 fully saturated rings. The second kappa shape index (κ2) is 2.97. The lowest BCUT2D eigenvalue weighted by Crippen LogP contribution is -2.50. The smallest absolute Gasteiger partial charge is 0.165 e. The molecule has 0 radical (unpaired) electrons. The van der Waals surface area contributed by atoms with E-state index in [-0.39, 0.29) is 6.10 Å². The molecule has 0 atom stereocenters. The van der Waals surface area contributed by atoms with Crippen LogP contribution in [-0.2, 0) is 9.84 Å². The maximum absolute atomic E-state index is 11.2. The third-order valence-corrected chi connectivity index (χ3v) is 4.43. The van der Waals surface area contributed by atoms with Crippen LogP contribution < -0.4 is 5.73 Å². The van der Waals surface area contributed by atoms with Gasteiger partial charge in [-0.05, 0) is 25.7 Å². The monoisotopic (exact) mass is 193 g/mol. The summed E-state index contributed by atoms with van der Waals surface area (Å²) in [6, 6.07) is 0. The van der Waals surface area contributed by atoms with Crippen LogP contribution in [0.3, 0.4) is 0 Å². The van der Waals surface area contributed by atoms with Crippen LogP contribution in [0.5, 0.6) is 0 Å². The van der Waals surface area contributed by atoms with E-state index >= 15 is 0 Å². The van der Waals surface area contributed by atoms with Gasteiger partial charge in [0.05, 0.1) is 6.10 Å². The Morgan fingerprint density at radius 2 is 1.83 bits per heavy atom. The maximum atomic E-state index is 11.2. The first-order valence-corrected chi connectivity index (χ1v) is 5.91. The molecule has 3 N–H and O–H groups in total. The van der Waals surface area contributed by atoms with Crippen molar-refractivity contribution in [3.05, 3.63) is 0 Å². The summed E-state index contributed by atoms with van der Waals surface area (Å²) in [7, 11) is -3.18. The van der Waals surface area contributed by atoms with Gasteiger partial charge in [0.25, 0.3) is 0 Å². The number of hydrogen-bond donors (Lipinski definition) is 2. The maximum Gasteiger partial charge on any atom is 0.165 e. The summed E-state index contributed by atoms with van der Waals surface area (Å²) in [6.45, 7) is 0.